The summed E-state index contributed by atoms with van der Waals surface area (Å²) in [5.74, 6) is 0.963. The van der Waals surface area contributed by atoms with Crippen LogP contribution in [0, 0.1) is 11.8 Å². The Bertz CT molecular complexity index is 720. The van der Waals surface area contributed by atoms with Crippen molar-refractivity contribution in [3.63, 3.8) is 0 Å². The van der Waals surface area contributed by atoms with Gasteiger partial charge in [-0.25, -0.2) is 0 Å². The summed E-state index contributed by atoms with van der Waals surface area (Å²) in [7, 11) is 0. The van der Waals surface area contributed by atoms with Gasteiger partial charge in [0.25, 0.3) is 0 Å². The van der Waals surface area contributed by atoms with Crippen molar-refractivity contribution in [2.24, 2.45) is 11.8 Å². The maximum Gasteiger partial charge on any atom is 0.223 e. The van der Waals surface area contributed by atoms with Gasteiger partial charge in [-0.15, -0.1) is 0 Å². The summed E-state index contributed by atoms with van der Waals surface area (Å²) < 4.78 is 0. The maximum absolute atomic E-state index is 12.7. The molecule has 0 aromatic heterocycles. The smallest absolute Gasteiger partial charge is 0.223 e. The minimum absolute atomic E-state index is 0.0478. The summed E-state index contributed by atoms with van der Waals surface area (Å²) in [4.78, 5) is 25.1. The van der Waals surface area contributed by atoms with Gasteiger partial charge in [0.2, 0.25) is 11.8 Å². The molecule has 0 radical (unpaired) electrons. The van der Waals surface area contributed by atoms with Gasteiger partial charge in [-0.3, -0.25) is 9.59 Å². The highest BCUT2D eigenvalue weighted by Gasteiger charge is 2.29. The van der Waals surface area contributed by atoms with Gasteiger partial charge in [0.1, 0.15) is 0 Å². The van der Waals surface area contributed by atoms with E-state index in [-0.39, 0.29) is 29.2 Å². The average Bonchev–Trinajstić information content (AvgIpc) is 2.73. The van der Waals surface area contributed by atoms with E-state index in [1.807, 2.05) is 18.2 Å². The molecule has 30 heavy (non-hydrogen) atoms. The van der Waals surface area contributed by atoms with Crippen LogP contribution in [0.4, 0.5) is 0 Å². The second kappa shape index (κ2) is 10.7. The highest BCUT2D eigenvalue weighted by Crippen LogP contribution is 2.29. The summed E-state index contributed by atoms with van der Waals surface area (Å²) in [6.45, 7) is 4.83. The largest absolute Gasteiger partial charge is 0.355 e. The number of carbonyl (C=O) groups excluding carboxylic acids is 2. The summed E-state index contributed by atoms with van der Waals surface area (Å²) in [6.07, 6.45) is 10.4. The number of amides is 2. The van der Waals surface area contributed by atoms with Crippen molar-refractivity contribution in [1.82, 2.24) is 10.6 Å². The minimum atomic E-state index is -0.176. The van der Waals surface area contributed by atoms with Crippen LogP contribution in [0.15, 0.2) is 24.3 Å². The van der Waals surface area contributed by atoms with Crippen LogP contribution in [0.3, 0.4) is 0 Å². The first kappa shape index (κ1) is 23.1. The molecule has 1 aromatic rings. The minimum Gasteiger partial charge on any atom is -0.355 e. The van der Waals surface area contributed by atoms with Gasteiger partial charge in [0.05, 0.1) is 0 Å². The standard InChI is InChI=1S/C25H37ClN2O2/c1-25(2,20-9-6-10-21(26)16-20)17-27-24(30)19-11-13-22(14-12-19)28-23(29)15-18-7-4-3-5-8-18/h6,9-10,16,18-19,22H,3-5,7-8,11-15,17H2,1-2H3,(H,27,30)(H,28,29). The zero-order valence-electron chi connectivity index (χ0n) is 18.5. The normalized spacial score (nSPS) is 23.0. The molecule has 0 atom stereocenters. The Morgan fingerprint density at radius 3 is 2.40 bits per heavy atom. The molecule has 0 saturated heterocycles. The lowest BCUT2D eigenvalue weighted by Gasteiger charge is -2.31. The molecule has 2 fully saturated rings. The molecule has 2 N–H and O–H groups in total. The first-order valence-corrected chi connectivity index (χ1v) is 12.0. The number of hydrogen-bond acceptors (Lipinski definition) is 2. The fraction of sp³-hybridized carbons (Fsp3) is 0.680. The lowest BCUT2D eigenvalue weighted by Crippen LogP contribution is -2.43. The van der Waals surface area contributed by atoms with Gasteiger partial charge in [-0.1, -0.05) is 56.8 Å². The van der Waals surface area contributed by atoms with E-state index in [2.05, 4.69) is 30.5 Å². The molecule has 5 heteroatoms. The summed E-state index contributed by atoms with van der Waals surface area (Å²) in [5.41, 5.74) is 0.949. The fourth-order valence-electron chi connectivity index (χ4n) is 4.90. The SMILES string of the molecule is CC(C)(CNC(=O)C1CCC(NC(=O)CC2CCCCC2)CC1)c1cccc(Cl)c1. The van der Waals surface area contributed by atoms with Crippen LogP contribution in [-0.4, -0.2) is 24.4 Å². The predicted molar refractivity (Wildman–Crippen MR) is 123 cm³/mol. The van der Waals surface area contributed by atoms with Crippen LogP contribution in [0.5, 0.6) is 0 Å². The second-order valence-electron chi connectivity index (χ2n) is 9.94. The van der Waals surface area contributed by atoms with Crippen molar-refractivity contribution in [3.05, 3.63) is 34.9 Å². The summed E-state index contributed by atoms with van der Waals surface area (Å²) >= 11 is 6.12. The topological polar surface area (TPSA) is 58.2 Å². The van der Waals surface area contributed by atoms with Gasteiger partial charge >= 0.3 is 0 Å². The highest BCUT2D eigenvalue weighted by molar-refractivity contribution is 6.30. The first-order chi connectivity index (χ1) is 14.3. The Morgan fingerprint density at radius 1 is 1.03 bits per heavy atom. The molecule has 2 aliphatic rings. The van der Waals surface area contributed by atoms with E-state index in [9.17, 15) is 9.59 Å². The number of nitrogens with one attached hydrogen (secondary N) is 2. The van der Waals surface area contributed by atoms with Crippen LogP contribution in [0.1, 0.15) is 83.6 Å². The van der Waals surface area contributed by atoms with E-state index in [1.165, 1.54) is 32.1 Å². The quantitative estimate of drug-likeness (QED) is 0.607. The number of hydrogen-bond donors (Lipinski definition) is 2. The number of benzene rings is 1. The van der Waals surface area contributed by atoms with E-state index in [1.54, 1.807) is 0 Å². The van der Waals surface area contributed by atoms with Crippen LogP contribution in [0.25, 0.3) is 0 Å². The van der Waals surface area contributed by atoms with Crippen LogP contribution >= 0.6 is 11.6 Å². The summed E-state index contributed by atoms with van der Waals surface area (Å²) in [6, 6.07) is 8.07. The molecule has 0 unspecified atom stereocenters. The van der Waals surface area contributed by atoms with E-state index in [4.69, 9.17) is 11.6 Å². The Kier molecular flexibility index (Phi) is 8.21. The van der Waals surface area contributed by atoms with Crippen molar-refractivity contribution in [1.29, 1.82) is 0 Å². The Morgan fingerprint density at radius 2 is 1.73 bits per heavy atom. The fourth-order valence-corrected chi connectivity index (χ4v) is 5.09. The lowest BCUT2D eigenvalue weighted by atomic mass is 9.83. The van der Waals surface area contributed by atoms with E-state index >= 15 is 0 Å². The zero-order chi connectivity index (χ0) is 21.6. The molecule has 2 amide bonds. The third-order valence-corrected chi connectivity index (χ3v) is 7.21. The highest BCUT2D eigenvalue weighted by atomic mass is 35.5. The van der Waals surface area contributed by atoms with Gasteiger partial charge in [0, 0.05) is 35.4 Å². The van der Waals surface area contributed by atoms with Crippen molar-refractivity contribution in [2.45, 2.75) is 89.5 Å². The van der Waals surface area contributed by atoms with Crippen molar-refractivity contribution < 1.29 is 9.59 Å². The second-order valence-corrected chi connectivity index (χ2v) is 10.4. The average molecular weight is 433 g/mol. The number of halogens is 1. The molecule has 1 aromatic carbocycles. The monoisotopic (exact) mass is 432 g/mol. The van der Waals surface area contributed by atoms with E-state index in [0.29, 0.717) is 18.9 Å². The Labute approximate surface area is 186 Å². The molecule has 0 heterocycles. The Hall–Kier alpha value is -1.55. The zero-order valence-corrected chi connectivity index (χ0v) is 19.3. The molecule has 3 rings (SSSR count). The third-order valence-electron chi connectivity index (χ3n) is 6.97. The van der Waals surface area contributed by atoms with Crippen LogP contribution in [0.2, 0.25) is 5.02 Å². The summed E-state index contributed by atoms with van der Waals surface area (Å²) in [5, 5.41) is 7.09. The van der Waals surface area contributed by atoms with Crippen molar-refractivity contribution >= 4 is 23.4 Å². The Balaban J connectivity index is 1.39. The van der Waals surface area contributed by atoms with E-state index < -0.39 is 0 Å². The molecule has 2 aliphatic carbocycles. The predicted octanol–water partition coefficient (Wildman–Crippen LogP) is 5.38. The number of carbonyl (C=O) groups is 2. The van der Waals surface area contributed by atoms with Crippen molar-refractivity contribution in [3.8, 4) is 0 Å². The molecule has 0 bridgehead atoms. The molecule has 0 aliphatic heterocycles. The van der Waals surface area contributed by atoms with Gasteiger partial charge < -0.3 is 10.6 Å². The lowest BCUT2D eigenvalue weighted by molar-refractivity contribution is -0.126. The van der Waals surface area contributed by atoms with Gasteiger partial charge in [-0.05, 0) is 62.1 Å². The van der Waals surface area contributed by atoms with Crippen molar-refractivity contribution in [2.75, 3.05) is 6.54 Å². The molecule has 4 nitrogen and oxygen atoms in total. The van der Waals surface area contributed by atoms with Gasteiger partial charge in [0.15, 0.2) is 0 Å². The first-order valence-electron chi connectivity index (χ1n) is 11.7. The number of rotatable bonds is 7. The van der Waals surface area contributed by atoms with Gasteiger partial charge in [-0.2, -0.15) is 0 Å². The molecule has 166 valence electrons. The third kappa shape index (κ3) is 6.73. The van der Waals surface area contributed by atoms with Crippen LogP contribution < -0.4 is 10.6 Å². The molecular formula is C25H37ClN2O2. The van der Waals surface area contributed by atoms with E-state index in [0.717, 1.165) is 36.3 Å². The molecule has 0 spiro atoms. The molecular weight excluding hydrogens is 396 g/mol. The molecule has 2 saturated carbocycles. The maximum atomic E-state index is 12.7. The van der Waals surface area contributed by atoms with Crippen LogP contribution in [-0.2, 0) is 15.0 Å².